The molecule has 1 aromatic carbocycles. The van der Waals surface area contributed by atoms with Gasteiger partial charge in [-0.2, -0.15) is 0 Å². The molecule has 0 spiro atoms. The minimum Gasteiger partial charge on any atom is -0.493 e. The van der Waals surface area contributed by atoms with Gasteiger partial charge in [0.2, 0.25) is 0 Å². The summed E-state index contributed by atoms with van der Waals surface area (Å²) in [5.41, 5.74) is 1.24. The fraction of sp³-hybridized carbons (Fsp3) is 0.444. The van der Waals surface area contributed by atoms with Crippen molar-refractivity contribution in [1.82, 2.24) is 10.6 Å². The van der Waals surface area contributed by atoms with Crippen molar-refractivity contribution < 1.29 is 19.1 Å². The van der Waals surface area contributed by atoms with Gasteiger partial charge in [-0.05, 0) is 23.1 Å². The first-order valence-corrected chi connectivity index (χ1v) is 7.89. The van der Waals surface area contributed by atoms with E-state index in [-0.39, 0.29) is 17.2 Å². The summed E-state index contributed by atoms with van der Waals surface area (Å²) in [6, 6.07) is 4.71. The van der Waals surface area contributed by atoms with E-state index < -0.39 is 12.0 Å². The number of ketones is 1. The summed E-state index contributed by atoms with van der Waals surface area (Å²) in [5, 5.41) is 5.66. The fourth-order valence-corrected chi connectivity index (χ4v) is 3.49. The highest BCUT2D eigenvalue weighted by Crippen LogP contribution is 2.42. The van der Waals surface area contributed by atoms with Gasteiger partial charge in [-0.3, -0.25) is 4.79 Å². The van der Waals surface area contributed by atoms with Crippen LogP contribution >= 0.6 is 0 Å². The molecule has 24 heavy (non-hydrogen) atoms. The number of hydrogen-bond donors (Lipinski definition) is 2. The van der Waals surface area contributed by atoms with Crippen LogP contribution in [-0.2, 0) is 4.79 Å². The zero-order valence-corrected chi connectivity index (χ0v) is 14.3. The minimum atomic E-state index is -0.423. The molecule has 0 radical (unpaired) electrons. The molecule has 1 fully saturated rings. The second-order valence-electron chi connectivity index (χ2n) is 6.90. The Morgan fingerprint density at radius 1 is 1.12 bits per heavy atom. The van der Waals surface area contributed by atoms with Crippen molar-refractivity contribution >= 4 is 11.8 Å². The van der Waals surface area contributed by atoms with E-state index in [4.69, 9.17) is 9.47 Å². The Morgan fingerprint density at radius 2 is 1.83 bits per heavy atom. The summed E-state index contributed by atoms with van der Waals surface area (Å²) in [6.07, 6.45) is 2.44. The van der Waals surface area contributed by atoms with E-state index in [2.05, 4.69) is 10.6 Å². The summed E-state index contributed by atoms with van der Waals surface area (Å²) in [7, 11) is 3.12. The van der Waals surface area contributed by atoms with Crippen LogP contribution in [0.3, 0.4) is 0 Å². The number of urea groups is 1. The Kier molecular flexibility index (Phi) is 3.99. The van der Waals surface area contributed by atoms with Crippen LogP contribution in [0.15, 0.2) is 30.0 Å². The summed E-state index contributed by atoms with van der Waals surface area (Å²) in [4.78, 5) is 24.8. The maximum absolute atomic E-state index is 12.7. The molecule has 0 unspecified atom stereocenters. The molecule has 6 heteroatoms. The van der Waals surface area contributed by atoms with Crippen molar-refractivity contribution in [1.29, 1.82) is 0 Å². The number of ether oxygens (including phenoxy) is 2. The van der Waals surface area contributed by atoms with E-state index in [0.717, 1.165) is 5.56 Å². The van der Waals surface area contributed by atoms with Crippen LogP contribution in [0.25, 0.3) is 0 Å². The SMILES string of the molecule is COc1ccc([C@H]2NC(=O)NC3=CC(C)(C)CC(=O)[C@H]32)cc1OC. The van der Waals surface area contributed by atoms with Gasteiger partial charge in [0.25, 0.3) is 0 Å². The monoisotopic (exact) mass is 330 g/mol. The first kappa shape index (κ1) is 16.4. The molecule has 0 aromatic heterocycles. The number of benzene rings is 1. The van der Waals surface area contributed by atoms with Gasteiger partial charge in [-0.25, -0.2) is 4.79 Å². The molecule has 2 aliphatic rings. The molecular formula is C18H22N2O4. The van der Waals surface area contributed by atoms with Crippen LogP contribution in [-0.4, -0.2) is 26.0 Å². The maximum atomic E-state index is 12.7. The summed E-state index contributed by atoms with van der Waals surface area (Å²) >= 11 is 0. The quantitative estimate of drug-likeness (QED) is 0.893. The number of hydrogen-bond acceptors (Lipinski definition) is 4. The van der Waals surface area contributed by atoms with Crippen molar-refractivity contribution in [3.63, 3.8) is 0 Å². The molecule has 1 aromatic rings. The number of nitrogens with one attached hydrogen (secondary N) is 2. The standard InChI is InChI=1S/C18H22N2O4/c1-18(2)8-11-15(12(21)9-18)16(20-17(22)19-11)10-5-6-13(23-3)14(7-10)24-4/h5-8,15-16H,9H2,1-4H3,(H2,19,20,22)/t15-,16+/m0/s1. The van der Waals surface area contributed by atoms with Gasteiger partial charge >= 0.3 is 6.03 Å². The first-order chi connectivity index (χ1) is 11.3. The van der Waals surface area contributed by atoms with Gasteiger partial charge in [-0.15, -0.1) is 0 Å². The Balaban J connectivity index is 2.04. The zero-order chi connectivity index (χ0) is 17.5. The highest BCUT2D eigenvalue weighted by Gasteiger charge is 2.43. The molecule has 2 atom stereocenters. The maximum Gasteiger partial charge on any atom is 0.319 e. The lowest BCUT2D eigenvalue weighted by Gasteiger charge is -2.40. The Bertz CT molecular complexity index is 724. The van der Waals surface area contributed by atoms with Crippen LogP contribution in [0.4, 0.5) is 4.79 Å². The highest BCUT2D eigenvalue weighted by molar-refractivity contribution is 5.91. The molecule has 1 aliphatic carbocycles. The topological polar surface area (TPSA) is 76.7 Å². The van der Waals surface area contributed by atoms with Gasteiger partial charge in [0, 0.05) is 12.1 Å². The number of carbonyl (C=O) groups is 2. The molecule has 1 aliphatic heterocycles. The van der Waals surface area contributed by atoms with Crippen LogP contribution in [0.2, 0.25) is 0 Å². The summed E-state index contributed by atoms with van der Waals surface area (Å²) < 4.78 is 10.6. The van der Waals surface area contributed by atoms with E-state index in [9.17, 15) is 9.59 Å². The van der Waals surface area contributed by atoms with E-state index >= 15 is 0 Å². The summed E-state index contributed by atoms with van der Waals surface area (Å²) in [5.74, 6) is 0.879. The highest BCUT2D eigenvalue weighted by atomic mass is 16.5. The Hall–Kier alpha value is -2.50. The van der Waals surface area contributed by atoms with Crippen molar-refractivity contribution in [3.8, 4) is 11.5 Å². The van der Waals surface area contributed by atoms with E-state index in [1.165, 1.54) is 0 Å². The fourth-order valence-electron chi connectivity index (χ4n) is 3.49. The normalized spacial score (nSPS) is 25.1. The van der Waals surface area contributed by atoms with Gasteiger partial charge < -0.3 is 20.1 Å². The smallest absolute Gasteiger partial charge is 0.319 e. The van der Waals surface area contributed by atoms with Crippen LogP contribution < -0.4 is 20.1 Å². The third-order valence-electron chi connectivity index (χ3n) is 4.50. The molecule has 0 saturated carbocycles. The zero-order valence-electron chi connectivity index (χ0n) is 14.3. The molecule has 128 valence electrons. The molecule has 2 amide bonds. The summed E-state index contributed by atoms with van der Waals surface area (Å²) in [6.45, 7) is 3.99. The second-order valence-corrected chi connectivity index (χ2v) is 6.90. The van der Waals surface area contributed by atoms with Crippen LogP contribution in [0.5, 0.6) is 11.5 Å². The number of methoxy groups -OCH3 is 2. The number of allylic oxidation sites excluding steroid dienone is 1. The Morgan fingerprint density at radius 3 is 2.50 bits per heavy atom. The molecule has 0 bridgehead atoms. The lowest BCUT2D eigenvalue weighted by Crippen LogP contribution is -2.53. The second kappa shape index (κ2) is 5.85. The largest absolute Gasteiger partial charge is 0.493 e. The van der Waals surface area contributed by atoms with Gasteiger partial charge in [0.1, 0.15) is 5.78 Å². The number of amides is 2. The molecular weight excluding hydrogens is 308 g/mol. The lowest BCUT2D eigenvalue weighted by molar-refractivity contribution is -0.125. The van der Waals surface area contributed by atoms with Crippen molar-refractivity contribution in [2.45, 2.75) is 26.3 Å². The van der Waals surface area contributed by atoms with E-state index in [0.29, 0.717) is 23.6 Å². The van der Waals surface area contributed by atoms with Gasteiger partial charge in [0.05, 0.1) is 26.2 Å². The van der Waals surface area contributed by atoms with Gasteiger partial charge in [0.15, 0.2) is 11.5 Å². The molecule has 3 rings (SSSR count). The van der Waals surface area contributed by atoms with Crippen molar-refractivity contribution in [2.75, 3.05) is 14.2 Å². The average Bonchev–Trinajstić information content (AvgIpc) is 2.51. The van der Waals surface area contributed by atoms with Crippen molar-refractivity contribution in [3.05, 3.63) is 35.5 Å². The molecule has 2 N–H and O–H groups in total. The number of rotatable bonds is 3. The van der Waals surface area contributed by atoms with Crippen LogP contribution in [0.1, 0.15) is 31.9 Å². The number of Topliss-reactive ketones (excluding diaryl/α,β-unsaturated/α-hetero) is 1. The molecule has 1 saturated heterocycles. The van der Waals surface area contributed by atoms with Crippen molar-refractivity contribution in [2.24, 2.45) is 11.3 Å². The molecule has 6 nitrogen and oxygen atoms in total. The van der Waals surface area contributed by atoms with Gasteiger partial charge in [-0.1, -0.05) is 26.0 Å². The number of fused-ring (bicyclic) bond motifs is 1. The Labute approximate surface area is 141 Å². The number of carbonyl (C=O) groups excluding carboxylic acids is 2. The predicted octanol–water partition coefficient (Wildman–Crippen LogP) is 2.56. The third-order valence-corrected chi connectivity index (χ3v) is 4.50. The predicted molar refractivity (Wildman–Crippen MR) is 88.9 cm³/mol. The lowest BCUT2D eigenvalue weighted by atomic mass is 9.72. The van der Waals surface area contributed by atoms with E-state index in [1.54, 1.807) is 26.4 Å². The average molecular weight is 330 g/mol. The molecule has 1 heterocycles. The van der Waals surface area contributed by atoms with Crippen LogP contribution in [0, 0.1) is 11.3 Å². The minimum absolute atomic E-state index is 0.116. The van der Waals surface area contributed by atoms with E-state index in [1.807, 2.05) is 26.0 Å². The third kappa shape index (κ3) is 2.84. The first-order valence-electron chi connectivity index (χ1n) is 7.89.